The van der Waals surface area contributed by atoms with Crippen LogP contribution in [0, 0.1) is 0 Å². The number of benzene rings is 2. The first-order valence-corrected chi connectivity index (χ1v) is 8.51. The van der Waals surface area contributed by atoms with E-state index in [9.17, 15) is 0 Å². The Bertz CT molecular complexity index is 702. The van der Waals surface area contributed by atoms with E-state index in [4.69, 9.17) is 5.73 Å². The molecule has 3 heteroatoms. The molecule has 0 aliphatic rings. The van der Waals surface area contributed by atoms with Gasteiger partial charge in [-0.05, 0) is 30.5 Å². The van der Waals surface area contributed by atoms with Gasteiger partial charge in [0.1, 0.15) is 0 Å². The van der Waals surface area contributed by atoms with Crippen molar-refractivity contribution in [2.45, 2.75) is 19.3 Å². The van der Waals surface area contributed by atoms with Gasteiger partial charge in [-0.2, -0.15) is 0 Å². The summed E-state index contributed by atoms with van der Waals surface area (Å²) >= 11 is 1.69. The molecule has 3 aromatic rings. The number of aromatic nitrogens is 1. The van der Waals surface area contributed by atoms with Gasteiger partial charge >= 0.3 is 0 Å². The molecule has 0 saturated heterocycles. The highest BCUT2D eigenvalue weighted by Gasteiger charge is 2.04. The molecule has 112 valence electrons. The zero-order chi connectivity index (χ0) is 15.2. The van der Waals surface area contributed by atoms with Crippen molar-refractivity contribution in [3.8, 4) is 11.3 Å². The number of rotatable bonds is 6. The third-order valence-electron chi connectivity index (χ3n) is 3.70. The van der Waals surface area contributed by atoms with E-state index in [2.05, 4.69) is 65.0 Å². The Kier molecular flexibility index (Phi) is 4.99. The normalized spacial score (nSPS) is 10.8. The van der Waals surface area contributed by atoms with Crippen molar-refractivity contribution in [1.82, 2.24) is 4.98 Å². The predicted octanol–water partition coefficient (Wildman–Crippen LogP) is 4.10. The zero-order valence-corrected chi connectivity index (χ0v) is 13.4. The van der Waals surface area contributed by atoms with E-state index in [1.54, 1.807) is 11.3 Å². The first kappa shape index (κ1) is 14.9. The Balaban J connectivity index is 1.64. The van der Waals surface area contributed by atoms with Gasteiger partial charge in [-0.25, -0.2) is 4.98 Å². The van der Waals surface area contributed by atoms with E-state index in [-0.39, 0.29) is 0 Å². The average molecular weight is 308 g/mol. The van der Waals surface area contributed by atoms with Crippen LogP contribution >= 0.6 is 11.3 Å². The maximum atomic E-state index is 5.58. The summed E-state index contributed by atoms with van der Waals surface area (Å²) in [6.45, 7) is 0.658. The molecule has 2 N–H and O–H groups in total. The first-order valence-electron chi connectivity index (χ1n) is 7.63. The van der Waals surface area contributed by atoms with Gasteiger partial charge in [-0.3, -0.25) is 0 Å². The minimum Gasteiger partial charge on any atom is -0.330 e. The van der Waals surface area contributed by atoms with Gasteiger partial charge in [0.15, 0.2) is 0 Å². The molecule has 1 aromatic heterocycles. The quantitative estimate of drug-likeness (QED) is 0.744. The molecular weight excluding hydrogens is 288 g/mol. The fourth-order valence-corrected chi connectivity index (χ4v) is 3.28. The monoisotopic (exact) mass is 308 g/mol. The van der Waals surface area contributed by atoms with Crippen LogP contribution in [-0.2, 0) is 19.3 Å². The van der Waals surface area contributed by atoms with Crippen LogP contribution in [-0.4, -0.2) is 11.5 Å². The van der Waals surface area contributed by atoms with Crippen molar-refractivity contribution < 1.29 is 0 Å². The van der Waals surface area contributed by atoms with Crippen molar-refractivity contribution in [3.63, 3.8) is 0 Å². The van der Waals surface area contributed by atoms with Crippen LogP contribution in [0.3, 0.4) is 0 Å². The Hall–Kier alpha value is -1.97. The topological polar surface area (TPSA) is 38.9 Å². The smallest absolute Gasteiger partial charge is 0.0945 e. The Morgan fingerprint density at radius 1 is 0.818 bits per heavy atom. The summed E-state index contributed by atoms with van der Waals surface area (Å²) in [6, 6.07) is 19.4. The molecular formula is C19H20N2S. The summed E-state index contributed by atoms with van der Waals surface area (Å²) in [5.41, 5.74) is 10.6. The lowest BCUT2D eigenvalue weighted by molar-refractivity contribution is 0.953. The third kappa shape index (κ3) is 3.81. The molecule has 0 saturated carbocycles. The maximum absolute atomic E-state index is 5.58. The predicted molar refractivity (Wildman–Crippen MR) is 94.2 cm³/mol. The van der Waals surface area contributed by atoms with E-state index >= 15 is 0 Å². The molecule has 0 amide bonds. The Morgan fingerprint density at radius 3 is 2.18 bits per heavy atom. The highest BCUT2D eigenvalue weighted by Crippen LogP contribution is 2.22. The lowest BCUT2D eigenvalue weighted by Crippen LogP contribution is -2.01. The van der Waals surface area contributed by atoms with Gasteiger partial charge in [-0.15, -0.1) is 11.3 Å². The van der Waals surface area contributed by atoms with Crippen molar-refractivity contribution in [2.75, 3.05) is 6.54 Å². The van der Waals surface area contributed by atoms with Crippen molar-refractivity contribution in [2.24, 2.45) is 5.73 Å². The van der Waals surface area contributed by atoms with Crippen molar-refractivity contribution in [1.29, 1.82) is 0 Å². The number of hydrogen-bond acceptors (Lipinski definition) is 3. The Morgan fingerprint density at radius 2 is 1.50 bits per heavy atom. The van der Waals surface area contributed by atoms with Crippen LogP contribution in [0.25, 0.3) is 11.3 Å². The lowest BCUT2D eigenvalue weighted by Gasteiger charge is -2.03. The second-order valence-corrected chi connectivity index (χ2v) is 6.29. The van der Waals surface area contributed by atoms with Gasteiger partial charge in [-0.1, -0.05) is 54.6 Å². The first-order chi connectivity index (χ1) is 10.8. The average Bonchev–Trinajstić information content (AvgIpc) is 3.03. The minimum absolute atomic E-state index is 0.658. The summed E-state index contributed by atoms with van der Waals surface area (Å²) in [5, 5.41) is 3.23. The molecule has 0 aliphatic heterocycles. The molecule has 1 heterocycles. The highest BCUT2D eigenvalue weighted by molar-refractivity contribution is 7.09. The van der Waals surface area contributed by atoms with Gasteiger partial charge < -0.3 is 5.73 Å². The summed E-state index contributed by atoms with van der Waals surface area (Å²) in [4.78, 5) is 4.63. The number of hydrogen-bond donors (Lipinski definition) is 1. The fraction of sp³-hybridized carbons (Fsp3) is 0.211. The molecule has 22 heavy (non-hydrogen) atoms. The van der Waals surface area contributed by atoms with Crippen LogP contribution < -0.4 is 5.73 Å². The molecule has 0 unspecified atom stereocenters. The lowest BCUT2D eigenvalue weighted by atomic mass is 10.0. The van der Waals surface area contributed by atoms with Crippen molar-refractivity contribution >= 4 is 11.3 Å². The summed E-state index contributed by atoms with van der Waals surface area (Å²) in [7, 11) is 0. The third-order valence-corrected chi connectivity index (χ3v) is 4.61. The molecule has 0 bridgehead atoms. The molecule has 0 spiro atoms. The van der Waals surface area contributed by atoms with Crippen LogP contribution in [0.5, 0.6) is 0 Å². The van der Waals surface area contributed by atoms with Gasteiger partial charge in [0, 0.05) is 17.4 Å². The summed E-state index contributed by atoms with van der Waals surface area (Å²) in [5.74, 6) is 0. The van der Waals surface area contributed by atoms with Crippen LogP contribution in [0.15, 0.2) is 60.0 Å². The number of thiazole rings is 1. The largest absolute Gasteiger partial charge is 0.330 e. The number of nitrogens with two attached hydrogens (primary N) is 1. The molecule has 3 rings (SSSR count). The standard InChI is InChI=1S/C19H20N2S/c20-13-12-19-21-18(14-22-19)17-10-8-16(9-11-17)7-6-15-4-2-1-3-5-15/h1-5,8-11,14H,6-7,12-13,20H2. The van der Waals surface area contributed by atoms with E-state index in [0.717, 1.165) is 30.0 Å². The molecule has 2 nitrogen and oxygen atoms in total. The number of nitrogens with zero attached hydrogens (tertiary/aromatic N) is 1. The van der Waals surface area contributed by atoms with Crippen LogP contribution in [0.1, 0.15) is 16.1 Å². The zero-order valence-electron chi connectivity index (χ0n) is 12.5. The fourth-order valence-electron chi connectivity index (χ4n) is 2.46. The molecule has 0 radical (unpaired) electrons. The Labute approximate surface area is 135 Å². The molecule has 0 aliphatic carbocycles. The van der Waals surface area contributed by atoms with Gasteiger partial charge in [0.2, 0.25) is 0 Å². The second kappa shape index (κ2) is 7.34. The minimum atomic E-state index is 0.658. The molecule has 0 fully saturated rings. The van der Waals surface area contributed by atoms with E-state index in [0.29, 0.717) is 6.54 Å². The summed E-state index contributed by atoms with van der Waals surface area (Å²) in [6.07, 6.45) is 3.01. The van der Waals surface area contributed by atoms with E-state index < -0.39 is 0 Å². The summed E-state index contributed by atoms with van der Waals surface area (Å²) < 4.78 is 0. The molecule has 2 aromatic carbocycles. The maximum Gasteiger partial charge on any atom is 0.0945 e. The van der Waals surface area contributed by atoms with Crippen molar-refractivity contribution in [3.05, 3.63) is 76.1 Å². The SMILES string of the molecule is NCCc1nc(-c2ccc(CCc3ccccc3)cc2)cs1. The van der Waals surface area contributed by atoms with E-state index in [1.165, 1.54) is 16.7 Å². The van der Waals surface area contributed by atoms with Gasteiger partial charge in [0.25, 0.3) is 0 Å². The van der Waals surface area contributed by atoms with Crippen LogP contribution in [0.4, 0.5) is 0 Å². The van der Waals surface area contributed by atoms with Crippen LogP contribution in [0.2, 0.25) is 0 Å². The van der Waals surface area contributed by atoms with E-state index in [1.807, 2.05) is 0 Å². The molecule has 0 atom stereocenters. The second-order valence-electron chi connectivity index (χ2n) is 5.35. The highest BCUT2D eigenvalue weighted by atomic mass is 32.1. The number of aryl methyl sites for hydroxylation is 2. The van der Waals surface area contributed by atoms with Gasteiger partial charge in [0.05, 0.1) is 10.7 Å².